The number of nitrogens with zero attached hydrogens (tertiary/aromatic N) is 2. The molecule has 106 valence electrons. The normalized spacial score (nSPS) is 21.8. The van der Waals surface area contributed by atoms with E-state index in [0.29, 0.717) is 12.6 Å². The van der Waals surface area contributed by atoms with Crippen LogP contribution in [0.25, 0.3) is 0 Å². The maximum atomic E-state index is 5.87. The summed E-state index contributed by atoms with van der Waals surface area (Å²) < 4.78 is 5.87. The number of hydrogen-bond acceptors (Lipinski definition) is 4. The predicted octanol–water partition coefficient (Wildman–Crippen LogP) is 2.74. The van der Waals surface area contributed by atoms with Crippen molar-refractivity contribution in [3.63, 3.8) is 0 Å². The highest BCUT2D eigenvalue weighted by Crippen LogP contribution is 2.31. The number of aromatic nitrogens is 2. The molecule has 4 nitrogen and oxygen atoms in total. The van der Waals surface area contributed by atoms with E-state index in [1.54, 1.807) is 0 Å². The van der Waals surface area contributed by atoms with Gasteiger partial charge in [-0.15, -0.1) is 0 Å². The Morgan fingerprint density at radius 2 is 2.26 bits per heavy atom. The van der Waals surface area contributed by atoms with E-state index in [2.05, 4.69) is 24.1 Å². The number of fused-ring (bicyclic) bond motifs is 1. The van der Waals surface area contributed by atoms with Crippen molar-refractivity contribution in [2.24, 2.45) is 0 Å². The standard InChI is InChI=1S/C15H25N3O/c1-5-15(3,19-6-2)14-17-10-11-12(16-4)8-7-9-13(11)18-14/h10,12,16H,5-9H2,1-4H3. The fraction of sp³-hybridized carbons (Fsp3) is 0.733. The van der Waals surface area contributed by atoms with Crippen LogP contribution in [0.15, 0.2) is 6.20 Å². The van der Waals surface area contributed by atoms with Crippen molar-refractivity contribution in [1.29, 1.82) is 0 Å². The first-order valence-corrected chi connectivity index (χ1v) is 7.32. The van der Waals surface area contributed by atoms with Gasteiger partial charge >= 0.3 is 0 Å². The lowest BCUT2D eigenvalue weighted by molar-refractivity contribution is -0.0392. The highest BCUT2D eigenvalue weighted by molar-refractivity contribution is 5.25. The van der Waals surface area contributed by atoms with Gasteiger partial charge in [-0.25, -0.2) is 9.97 Å². The minimum absolute atomic E-state index is 0.365. The third-order valence-electron chi connectivity index (χ3n) is 4.14. The molecule has 1 aromatic rings. The first kappa shape index (κ1) is 14.4. The van der Waals surface area contributed by atoms with Crippen LogP contribution in [-0.4, -0.2) is 23.6 Å². The van der Waals surface area contributed by atoms with Crippen LogP contribution in [-0.2, 0) is 16.8 Å². The van der Waals surface area contributed by atoms with E-state index in [1.807, 2.05) is 20.2 Å². The first-order valence-electron chi connectivity index (χ1n) is 7.32. The fourth-order valence-corrected chi connectivity index (χ4v) is 2.74. The minimum atomic E-state index is -0.365. The molecule has 2 unspecified atom stereocenters. The van der Waals surface area contributed by atoms with Crippen LogP contribution in [0.1, 0.15) is 63.2 Å². The minimum Gasteiger partial charge on any atom is -0.368 e. The molecule has 4 heteroatoms. The lowest BCUT2D eigenvalue weighted by Gasteiger charge is -2.29. The maximum absolute atomic E-state index is 5.87. The molecule has 2 rings (SSSR count). The van der Waals surface area contributed by atoms with Crippen molar-refractivity contribution in [1.82, 2.24) is 15.3 Å². The fourth-order valence-electron chi connectivity index (χ4n) is 2.74. The number of rotatable bonds is 5. The molecule has 1 aliphatic carbocycles. The summed E-state index contributed by atoms with van der Waals surface area (Å²) in [5.74, 6) is 0.826. The Balaban J connectivity index is 2.35. The van der Waals surface area contributed by atoms with E-state index in [1.165, 1.54) is 24.1 Å². The number of hydrogen-bond donors (Lipinski definition) is 1. The number of aryl methyl sites for hydroxylation is 1. The second-order valence-corrected chi connectivity index (χ2v) is 5.35. The quantitative estimate of drug-likeness (QED) is 0.887. The van der Waals surface area contributed by atoms with Gasteiger partial charge in [0.2, 0.25) is 0 Å². The molecule has 0 spiro atoms. The number of ether oxygens (including phenoxy) is 1. The van der Waals surface area contributed by atoms with Crippen molar-refractivity contribution in [3.05, 3.63) is 23.3 Å². The monoisotopic (exact) mass is 263 g/mol. The zero-order valence-electron chi connectivity index (χ0n) is 12.5. The van der Waals surface area contributed by atoms with Crippen molar-refractivity contribution in [3.8, 4) is 0 Å². The molecule has 1 aliphatic rings. The van der Waals surface area contributed by atoms with E-state index in [4.69, 9.17) is 9.72 Å². The Hall–Kier alpha value is -1.00. The van der Waals surface area contributed by atoms with Gasteiger partial charge in [-0.1, -0.05) is 6.92 Å². The average molecular weight is 263 g/mol. The second-order valence-electron chi connectivity index (χ2n) is 5.35. The van der Waals surface area contributed by atoms with Gasteiger partial charge < -0.3 is 10.1 Å². The lowest BCUT2D eigenvalue weighted by Crippen LogP contribution is -2.30. The molecular weight excluding hydrogens is 238 g/mol. The molecule has 0 bridgehead atoms. The Labute approximate surface area is 116 Å². The third kappa shape index (κ3) is 2.79. The summed E-state index contributed by atoms with van der Waals surface area (Å²) in [6, 6.07) is 0.401. The van der Waals surface area contributed by atoms with Crippen LogP contribution in [0.2, 0.25) is 0 Å². The molecule has 1 N–H and O–H groups in total. The van der Waals surface area contributed by atoms with E-state index in [0.717, 1.165) is 18.7 Å². The molecule has 0 saturated carbocycles. The van der Waals surface area contributed by atoms with Crippen molar-refractivity contribution >= 4 is 0 Å². The summed E-state index contributed by atoms with van der Waals surface area (Å²) in [5.41, 5.74) is 2.08. The Bertz CT molecular complexity index is 435. The van der Waals surface area contributed by atoms with E-state index in [9.17, 15) is 0 Å². The van der Waals surface area contributed by atoms with Gasteiger partial charge in [-0.05, 0) is 46.6 Å². The summed E-state index contributed by atoms with van der Waals surface area (Å²) >= 11 is 0. The second kappa shape index (κ2) is 5.97. The molecule has 1 aromatic heterocycles. The summed E-state index contributed by atoms with van der Waals surface area (Å²) in [4.78, 5) is 9.37. The maximum Gasteiger partial charge on any atom is 0.160 e. The zero-order chi connectivity index (χ0) is 13.9. The van der Waals surface area contributed by atoms with Crippen LogP contribution in [0.5, 0.6) is 0 Å². The summed E-state index contributed by atoms with van der Waals surface area (Å²) in [5, 5.41) is 3.35. The van der Waals surface area contributed by atoms with Crippen molar-refractivity contribution in [2.75, 3.05) is 13.7 Å². The largest absolute Gasteiger partial charge is 0.368 e. The van der Waals surface area contributed by atoms with Gasteiger partial charge in [0.15, 0.2) is 5.82 Å². The molecule has 0 aliphatic heterocycles. The molecule has 0 fully saturated rings. The van der Waals surface area contributed by atoms with Crippen molar-refractivity contribution in [2.45, 2.75) is 58.1 Å². The molecule has 1 heterocycles. The van der Waals surface area contributed by atoms with E-state index in [-0.39, 0.29) is 5.60 Å². The molecule has 19 heavy (non-hydrogen) atoms. The van der Waals surface area contributed by atoms with Gasteiger partial charge in [0.1, 0.15) is 5.60 Å². The van der Waals surface area contributed by atoms with Gasteiger partial charge in [0.05, 0.1) is 0 Å². The molecule has 2 atom stereocenters. The van der Waals surface area contributed by atoms with Gasteiger partial charge in [-0.3, -0.25) is 0 Å². The Kier molecular flexibility index (Phi) is 4.53. The van der Waals surface area contributed by atoms with Crippen LogP contribution in [0, 0.1) is 0 Å². The third-order valence-corrected chi connectivity index (χ3v) is 4.14. The summed E-state index contributed by atoms with van der Waals surface area (Å²) in [6.45, 7) is 6.90. The molecule has 0 radical (unpaired) electrons. The molecular formula is C15H25N3O. The Morgan fingerprint density at radius 3 is 2.89 bits per heavy atom. The highest BCUT2D eigenvalue weighted by atomic mass is 16.5. The first-order chi connectivity index (χ1) is 9.14. The van der Waals surface area contributed by atoms with Crippen LogP contribution < -0.4 is 5.32 Å². The zero-order valence-corrected chi connectivity index (χ0v) is 12.5. The van der Waals surface area contributed by atoms with Crippen LogP contribution >= 0.6 is 0 Å². The summed E-state index contributed by atoms with van der Waals surface area (Å²) in [7, 11) is 2.00. The molecule has 0 amide bonds. The van der Waals surface area contributed by atoms with Gasteiger partial charge in [0.25, 0.3) is 0 Å². The molecule has 0 aromatic carbocycles. The van der Waals surface area contributed by atoms with Gasteiger partial charge in [0, 0.05) is 30.1 Å². The van der Waals surface area contributed by atoms with Crippen molar-refractivity contribution < 1.29 is 4.74 Å². The highest BCUT2D eigenvalue weighted by Gasteiger charge is 2.30. The van der Waals surface area contributed by atoms with E-state index < -0.39 is 0 Å². The Morgan fingerprint density at radius 1 is 1.47 bits per heavy atom. The summed E-state index contributed by atoms with van der Waals surface area (Å²) in [6.07, 6.45) is 6.28. The van der Waals surface area contributed by atoms with Crippen LogP contribution in [0.3, 0.4) is 0 Å². The molecule has 0 saturated heterocycles. The van der Waals surface area contributed by atoms with Crippen LogP contribution in [0.4, 0.5) is 0 Å². The number of nitrogens with one attached hydrogen (secondary N) is 1. The average Bonchev–Trinajstić information content (AvgIpc) is 2.46. The topological polar surface area (TPSA) is 47.0 Å². The smallest absolute Gasteiger partial charge is 0.160 e. The predicted molar refractivity (Wildman–Crippen MR) is 76.0 cm³/mol. The van der Waals surface area contributed by atoms with E-state index >= 15 is 0 Å². The van der Waals surface area contributed by atoms with Gasteiger partial charge in [-0.2, -0.15) is 0 Å². The lowest BCUT2D eigenvalue weighted by atomic mass is 9.92. The SMILES string of the molecule is CCOC(C)(CC)c1ncc2c(n1)CCCC2NC.